The molecule has 0 spiro atoms. The molecule has 0 aromatic heterocycles. The highest BCUT2D eigenvalue weighted by molar-refractivity contribution is 6.01. The van der Waals surface area contributed by atoms with E-state index in [2.05, 4.69) is 51.2 Å². The lowest BCUT2D eigenvalue weighted by Crippen LogP contribution is -2.69. The molecule has 558 valence electrons. The molecule has 4 aliphatic rings. The summed E-state index contributed by atoms with van der Waals surface area (Å²) < 4.78 is 45.8. The minimum absolute atomic E-state index is 0.193. The van der Waals surface area contributed by atoms with Gasteiger partial charge < -0.3 is 44.1 Å². The van der Waals surface area contributed by atoms with Gasteiger partial charge in [0.25, 0.3) is 0 Å². The van der Waals surface area contributed by atoms with E-state index < -0.39 is 88.3 Å². The fourth-order valence-corrected chi connectivity index (χ4v) is 15.6. The first-order chi connectivity index (χ1) is 47.1. The normalized spacial score (nSPS) is 24.8. The maximum atomic E-state index is 17.6. The van der Waals surface area contributed by atoms with E-state index in [1.807, 2.05) is 6.08 Å². The molecule has 0 radical (unpaired) electrons. The third-order valence-corrected chi connectivity index (χ3v) is 21.6. The van der Waals surface area contributed by atoms with Crippen molar-refractivity contribution in [2.75, 3.05) is 19.8 Å². The number of Topliss-reactive ketones (excluding diaryl/α,β-unsaturated/α-hetero) is 1. The van der Waals surface area contributed by atoms with E-state index in [1.54, 1.807) is 26.8 Å². The van der Waals surface area contributed by atoms with E-state index in [0.717, 1.165) is 154 Å². The second-order valence-corrected chi connectivity index (χ2v) is 29.5. The lowest BCUT2D eigenvalue weighted by atomic mass is 9.44. The van der Waals surface area contributed by atoms with E-state index >= 15 is 4.39 Å². The molecule has 1 unspecified atom stereocenters. The number of carbonyl (C=O) groups excluding carboxylic acids is 7. The molecule has 0 amide bonds. The molecule has 16 nitrogen and oxygen atoms in total. The topological polar surface area (TPSA) is 247 Å². The molecule has 3 saturated carbocycles. The van der Waals surface area contributed by atoms with Gasteiger partial charge in [-0.3, -0.25) is 33.6 Å². The van der Waals surface area contributed by atoms with Crippen LogP contribution in [0.25, 0.3) is 0 Å². The van der Waals surface area contributed by atoms with Crippen molar-refractivity contribution in [2.24, 2.45) is 28.6 Å². The van der Waals surface area contributed by atoms with Crippen molar-refractivity contribution in [1.82, 2.24) is 0 Å². The highest BCUT2D eigenvalue weighted by Crippen LogP contribution is 2.70. The number of carbonyl (C=O) groups is 7. The molecular weight excluding hydrogens is 1250 g/mol. The first-order valence-corrected chi connectivity index (χ1v) is 38.8. The van der Waals surface area contributed by atoms with Gasteiger partial charge in [-0.25, -0.2) is 4.39 Å². The predicted octanol–water partition coefficient (Wildman–Crippen LogP) is 17.0. The Labute approximate surface area is 589 Å². The smallest absolute Gasteiger partial charge is 0.306 e. The summed E-state index contributed by atoms with van der Waals surface area (Å²) in [5.74, 6) is -5.28. The number of rotatable bonds is 55. The van der Waals surface area contributed by atoms with Crippen molar-refractivity contribution in [3.63, 3.8) is 0 Å². The summed E-state index contributed by atoms with van der Waals surface area (Å²) >= 11 is 0. The van der Waals surface area contributed by atoms with Crippen LogP contribution in [0.5, 0.6) is 0 Å². The Morgan fingerprint density at radius 1 is 0.551 bits per heavy atom. The van der Waals surface area contributed by atoms with Crippen molar-refractivity contribution in [2.45, 2.75) is 359 Å². The Balaban J connectivity index is 1.13. The summed E-state index contributed by atoms with van der Waals surface area (Å²) in [6.07, 6.45) is 45.9. The molecule has 0 heterocycles. The van der Waals surface area contributed by atoms with Gasteiger partial charge in [0.15, 0.2) is 24.2 Å². The van der Waals surface area contributed by atoms with Crippen molar-refractivity contribution in [3.05, 3.63) is 60.3 Å². The van der Waals surface area contributed by atoms with Crippen LogP contribution < -0.4 is 0 Å². The van der Waals surface area contributed by atoms with Crippen LogP contribution in [0.15, 0.2) is 60.3 Å². The van der Waals surface area contributed by atoms with E-state index in [-0.39, 0.29) is 81.8 Å². The zero-order chi connectivity index (χ0) is 71.7. The fourth-order valence-electron chi connectivity index (χ4n) is 15.6. The van der Waals surface area contributed by atoms with Crippen LogP contribution in [-0.2, 0) is 57.2 Å². The molecular formula is C81H131FO16. The van der Waals surface area contributed by atoms with Crippen LogP contribution >= 0.6 is 0 Å². The highest BCUT2D eigenvalue weighted by Gasteiger charge is 2.75. The Bertz CT molecular complexity index is 2520. The summed E-state index contributed by atoms with van der Waals surface area (Å²) in [5, 5.41) is 44.4. The maximum absolute atomic E-state index is 17.6. The molecule has 4 aliphatic carbocycles. The summed E-state index contributed by atoms with van der Waals surface area (Å²) in [4.78, 5) is 91.1. The Hall–Kier alpha value is -4.84. The molecule has 0 saturated heterocycles. The summed E-state index contributed by atoms with van der Waals surface area (Å²) in [6.45, 7) is 10.5. The number of aliphatic hydroxyl groups is 4. The van der Waals surface area contributed by atoms with E-state index in [0.29, 0.717) is 69.8 Å². The minimum atomic E-state index is -2.12. The summed E-state index contributed by atoms with van der Waals surface area (Å²) in [6, 6.07) is 0. The molecule has 98 heavy (non-hydrogen) atoms. The molecule has 0 aliphatic heterocycles. The number of unbranched alkanes of at least 4 members (excludes halogenated alkanes) is 22. The number of halogens is 1. The van der Waals surface area contributed by atoms with Gasteiger partial charge >= 0.3 is 29.8 Å². The van der Waals surface area contributed by atoms with E-state index in [4.69, 9.17) is 23.7 Å². The van der Waals surface area contributed by atoms with Gasteiger partial charge in [0, 0.05) is 42.4 Å². The van der Waals surface area contributed by atoms with Crippen LogP contribution in [0.3, 0.4) is 0 Å². The van der Waals surface area contributed by atoms with Crippen molar-refractivity contribution in [1.29, 1.82) is 0 Å². The standard InChI is InChI=1S/C81H131FO16/c1-7-10-13-33-42-65(84)44-35-26-20-15-17-23-29-38-47-73(88)94-59-68(98-76(91)49-40-31-25-19-21-27-34-43-64(83)41-32-12-9-3)60-95-74(89)48-39-30-24-18-16-22-28-37-46-67(45-36-14-11-8-2)97-77(92)53-52-75(90)96-61-72(87)81(93)62(4)56-70-69-51-50-63-57-66(85)54-55-78(63,5)80(69,82)71(86)58-79(70,81)6/h26-28,34-35,37,54-55,57,62,64-65,67-71,83-84,86,93H,7-25,29-33,36,38-53,56,58-61H2,1-6H3/b34-27-,35-26-,37-28-/t62-,64-,65-,67-,68?,69+,70+,71+,78+,79+,80+,81+/m1/s1. The lowest BCUT2D eigenvalue weighted by Gasteiger charge is -2.62. The number of ketones is 2. The number of ether oxygens (including phenoxy) is 5. The van der Waals surface area contributed by atoms with Gasteiger partial charge in [0.05, 0.1) is 31.2 Å². The van der Waals surface area contributed by atoms with E-state index in [1.165, 1.54) is 31.4 Å². The van der Waals surface area contributed by atoms with Gasteiger partial charge in [-0.05, 0) is 153 Å². The largest absolute Gasteiger partial charge is 0.462 e. The molecule has 12 atom stereocenters. The molecule has 0 bridgehead atoms. The molecule has 3 fully saturated rings. The molecule has 0 aromatic carbocycles. The zero-order valence-corrected chi connectivity index (χ0v) is 61.4. The SMILES string of the molecule is CCCCCC[C@@H](O)C/C=C\CCCCCCCC(=O)OCC(COC(=O)CCCCCCC/C=C\C[C@@H](CCCCCC)OC(=O)CCC(=O)OCC(=O)[C@@]1(O)[C@H](C)C[C@H]2[C@@H]3CCC4=CC(=O)C=C[C@]4(C)[C@@]3(F)[C@@H](O)C[C@@]21C)OC(=O)CCCCCC/C=C\C[C@H](O)CCCCC. The van der Waals surface area contributed by atoms with Gasteiger partial charge in [0.2, 0.25) is 5.78 Å². The van der Waals surface area contributed by atoms with Gasteiger partial charge in [-0.15, -0.1) is 0 Å². The Morgan fingerprint density at radius 2 is 0.990 bits per heavy atom. The monoisotopic (exact) mass is 1380 g/mol. The summed E-state index contributed by atoms with van der Waals surface area (Å²) in [7, 11) is 0. The van der Waals surface area contributed by atoms with Gasteiger partial charge in [-0.2, -0.15) is 0 Å². The fraction of sp³-hybridized carbons (Fsp3) is 0.790. The molecule has 17 heteroatoms. The minimum Gasteiger partial charge on any atom is -0.462 e. The number of hydrogen-bond donors (Lipinski definition) is 4. The number of hydrogen-bond acceptors (Lipinski definition) is 16. The number of aliphatic hydroxyl groups excluding tert-OH is 3. The Kier molecular flexibility index (Phi) is 41.4. The number of esters is 5. The second-order valence-electron chi connectivity index (χ2n) is 29.5. The third-order valence-electron chi connectivity index (χ3n) is 21.6. The molecule has 4 N–H and O–H groups in total. The van der Waals surface area contributed by atoms with Gasteiger partial charge in [-0.1, -0.05) is 198 Å². The first-order valence-electron chi connectivity index (χ1n) is 38.8. The molecule has 4 rings (SSSR count). The zero-order valence-electron chi connectivity index (χ0n) is 61.4. The molecule has 0 aromatic rings. The van der Waals surface area contributed by atoms with Crippen molar-refractivity contribution < 1.29 is 82.1 Å². The first kappa shape index (κ1) is 85.6. The summed E-state index contributed by atoms with van der Waals surface area (Å²) in [5.41, 5.74) is -5.92. The van der Waals surface area contributed by atoms with Crippen molar-refractivity contribution in [3.8, 4) is 0 Å². The van der Waals surface area contributed by atoms with Crippen LogP contribution in [0, 0.1) is 28.6 Å². The number of fused-ring (bicyclic) bond motifs is 5. The average molecular weight is 1380 g/mol. The average Bonchev–Trinajstić information content (AvgIpc) is 1.39. The van der Waals surface area contributed by atoms with E-state index in [9.17, 15) is 54.0 Å². The van der Waals surface area contributed by atoms with Crippen LogP contribution in [0.4, 0.5) is 4.39 Å². The maximum Gasteiger partial charge on any atom is 0.306 e. The number of allylic oxidation sites excluding steroid dienone is 7. The number of alkyl halides is 1. The van der Waals surface area contributed by atoms with Crippen LogP contribution in [-0.4, -0.2) is 123 Å². The van der Waals surface area contributed by atoms with Crippen LogP contribution in [0.2, 0.25) is 0 Å². The van der Waals surface area contributed by atoms with Crippen molar-refractivity contribution >= 4 is 41.4 Å². The third kappa shape index (κ3) is 28.9. The predicted molar refractivity (Wildman–Crippen MR) is 382 cm³/mol. The van der Waals surface area contributed by atoms with Crippen LogP contribution in [0.1, 0.15) is 318 Å². The van der Waals surface area contributed by atoms with Gasteiger partial charge in [0.1, 0.15) is 24.9 Å². The second kappa shape index (κ2) is 47.4. The quantitative estimate of drug-likeness (QED) is 0.0191. The lowest BCUT2D eigenvalue weighted by molar-refractivity contribution is -0.220. The highest BCUT2D eigenvalue weighted by atomic mass is 19.1. The Morgan fingerprint density at radius 3 is 1.54 bits per heavy atom.